The fourth-order valence-corrected chi connectivity index (χ4v) is 2.13. The third kappa shape index (κ3) is 2.01. The molecule has 0 aromatic carbocycles. The average Bonchev–Trinajstić information content (AvgIpc) is 2.26. The van der Waals surface area contributed by atoms with Crippen LogP contribution in [0.5, 0.6) is 0 Å². The van der Waals surface area contributed by atoms with Crippen LogP contribution >= 0.6 is 0 Å². The van der Waals surface area contributed by atoms with E-state index in [4.69, 9.17) is 0 Å². The molecule has 1 aromatic heterocycles. The topological polar surface area (TPSA) is 49.3 Å². The summed E-state index contributed by atoms with van der Waals surface area (Å²) in [6, 6.07) is 0.393. The molecule has 1 N–H and O–H groups in total. The molecule has 1 aliphatic heterocycles. The van der Waals surface area contributed by atoms with Gasteiger partial charge in [-0.15, -0.1) is 0 Å². The molecule has 2 unspecified atom stereocenters. The second-order valence-electron chi connectivity index (χ2n) is 4.44. The third-order valence-electron chi connectivity index (χ3n) is 3.36. The first-order valence-corrected chi connectivity index (χ1v) is 5.30. The van der Waals surface area contributed by atoms with Crippen molar-refractivity contribution in [1.82, 2.24) is 14.9 Å². The molecular weight excluding hydrogens is 190 g/mol. The SMILES string of the molecule is CC1CC(O)(c2cncnc2)CCN1C. The average molecular weight is 207 g/mol. The first-order chi connectivity index (χ1) is 7.12. The molecule has 0 saturated carbocycles. The summed E-state index contributed by atoms with van der Waals surface area (Å²) < 4.78 is 0. The van der Waals surface area contributed by atoms with Crippen LogP contribution in [0.4, 0.5) is 0 Å². The largest absolute Gasteiger partial charge is 0.385 e. The van der Waals surface area contributed by atoms with Gasteiger partial charge in [0, 0.05) is 30.5 Å². The minimum Gasteiger partial charge on any atom is -0.385 e. The molecule has 1 fully saturated rings. The summed E-state index contributed by atoms with van der Waals surface area (Å²) >= 11 is 0. The van der Waals surface area contributed by atoms with Crippen molar-refractivity contribution in [2.24, 2.45) is 0 Å². The third-order valence-corrected chi connectivity index (χ3v) is 3.36. The highest BCUT2D eigenvalue weighted by atomic mass is 16.3. The summed E-state index contributed by atoms with van der Waals surface area (Å²) in [7, 11) is 2.09. The van der Waals surface area contributed by atoms with E-state index in [0.717, 1.165) is 24.9 Å². The highest BCUT2D eigenvalue weighted by Gasteiger charge is 2.36. The number of aliphatic hydroxyl groups is 1. The quantitative estimate of drug-likeness (QED) is 0.739. The van der Waals surface area contributed by atoms with Crippen molar-refractivity contribution in [3.05, 3.63) is 24.3 Å². The van der Waals surface area contributed by atoms with E-state index in [-0.39, 0.29) is 0 Å². The van der Waals surface area contributed by atoms with Gasteiger partial charge in [0.2, 0.25) is 0 Å². The highest BCUT2D eigenvalue weighted by molar-refractivity contribution is 5.16. The molecule has 0 spiro atoms. The fourth-order valence-electron chi connectivity index (χ4n) is 2.13. The second-order valence-corrected chi connectivity index (χ2v) is 4.44. The molecule has 2 atom stereocenters. The van der Waals surface area contributed by atoms with Crippen molar-refractivity contribution < 1.29 is 5.11 Å². The van der Waals surface area contributed by atoms with Gasteiger partial charge >= 0.3 is 0 Å². The Balaban J connectivity index is 2.21. The molecule has 1 saturated heterocycles. The lowest BCUT2D eigenvalue weighted by Gasteiger charge is -2.40. The number of aromatic nitrogens is 2. The van der Waals surface area contributed by atoms with Gasteiger partial charge in [0.15, 0.2) is 0 Å². The Morgan fingerprint density at radius 2 is 2.13 bits per heavy atom. The lowest BCUT2D eigenvalue weighted by atomic mass is 9.83. The van der Waals surface area contributed by atoms with Gasteiger partial charge in [-0.3, -0.25) is 0 Å². The van der Waals surface area contributed by atoms with Gasteiger partial charge in [-0.05, 0) is 26.8 Å². The van der Waals surface area contributed by atoms with Crippen molar-refractivity contribution in [1.29, 1.82) is 0 Å². The van der Waals surface area contributed by atoms with Crippen molar-refractivity contribution in [3.8, 4) is 0 Å². The van der Waals surface area contributed by atoms with Crippen molar-refractivity contribution in [3.63, 3.8) is 0 Å². The number of hydrogen-bond acceptors (Lipinski definition) is 4. The molecular formula is C11H17N3O. The van der Waals surface area contributed by atoms with E-state index in [1.54, 1.807) is 12.4 Å². The van der Waals surface area contributed by atoms with Crippen LogP contribution in [0.25, 0.3) is 0 Å². The Kier molecular flexibility index (Phi) is 2.71. The monoisotopic (exact) mass is 207 g/mol. The van der Waals surface area contributed by atoms with Gasteiger partial charge in [-0.1, -0.05) is 0 Å². The zero-order valence-electron chi connectivity index (χ0n) is 9.22. The van der Waals surface area contributed by atoms with E-state index in [1.165, 1.54) is 6.33 Å². The van der Waals surface area contributed by atoms with Crippen LogP contribution in [-0.2, 0) is 5.60 Å². The van der Waals surface area contributed by atoms with E-state index in [9.17, 15) is 5.11 Å². The van der Waals surface area contributed by atoms with Gasteiger partial charge in [-0.25, -0.2) is 9.97 Å². The van der Waals surface area contributed by atoms with Gasteiger partial charge in [0.05, 0.1) is 5.60 Å². The number of likely N-dealkylation sites (tertiary alicyclic amines) is 1. The normalized spacial score (nSPS) is 32.9. The fraction of sp³-hybridized carbons (Fsp3) is 0.636. The number of rotatable bonds is 1. The van der Waals surface area contributed by atoms with Gasteiger partial charge in [-0.2, -0.15) is 0 Å². The standard InChI is InChI=1S/C11H17N3O/c1-9-5-11(15,3-4-14(9)2)10-6-12-8-13-7-10/h6-9,15H,3-5H2,1-2H3. The maximum absolute atomic E-state index is 10.5. The second kappa shape index (κ2) is 3.87. The highest BCUT2D eigenvalue weighted by Crippen LogP contribution is 2.34. The van der Waals surface area contributed by atoms with Crippen LogP contribution in [0.3, 0.4) is 0 Å². The lowest BCUT2D eigenvalue weighted by Crippen LogP contribution is -2.46. The summed E-state index contributed by atoms with van der Waals surface area (Å²) in [5.74, 6) is 0. The first-order valence-electron chi connectivity index (χ1n) is 5.30. The molecule has 82 valence electrons. The van der Waals surface area contributed by atoms with Crippen molar-refractivity contribution in [2.45, 2.75) is 31.4 Å². The number of hydrogen-bond donors (Lipinski definition) is 1. The van der Waals surface area contributed by atoms with Crippen LogP contribution < -0.4 is 0 Å². The molecule has 4 heteroatoms. The van der Waals surface area contributed by atoms with Crippen molar-refractivity contribution in [2.75, 3.05) is 13.6 Å². The Hall–Kier alpha value is -1.00. The summed E-state index contributed by atoms with van der Waals surface area (Å²) in [6.45, 7) is 3.04. The van der Waals surface area contributed by atoms with E-state index in [2.05, 4.69) is 28.8 Å². The van der Waals surface area contributed by atoms with Crippen LogP contribution in [0.1, 0.15) is 25.3 Å². The molecule has 0 radical (unpaired) electrons. The maximum Gasteiger partial charge on any atom is 0.115 e. The van der Waals surface area contributed by atoms with Gasteiger partial charge in [0.25, 0.3) is 0 Å². The Morgan fingerprint density at radius 3 is 2.73 bits per heavy atom. The van der Waals surface area contributed by atoms with Crippen LogP contribution in [0, 0.1) is 0 Å². The molecule has 15 heavy (non-hydrogen) atoms. The molecule has 0 aliphatic carbocycles. The van der Waals surface area contributed by atoms with Gasteiger partial charge in [0.1, 0.15) is 6.33 Å². The summed E-state index contributed by atoms with van der Waals surface area (Å²) in [4.78, 5) is 10.2. The predicted octanol–water partition coefficient (Wildman–Crippen LogP) is 0.778. The van der Waals surface area contributed by atoms with Crippen molar-refractivity contribution >= 4 is 0 Å². The molecule has 4 nitrogen and oxygen atoms in total. The summed E-state index contributed by atoms with van der Waals surface area (Å²) in [5.41, 5.74) is 0.0950. The molecule has 1 aliphatic rings. The maximum atomic E-state index is 10.5. The summed E-state index contributed by atoms with van der Waals surface area (Å²) in [6.07, 6.45) is 6.42. The van der Waals surface area contributed by atoms with Crippen LogP contribution in [0.2, 0.25) is 0 Å². The zero-order chi connectivity index (χ0) is 10.9. The molecule has 2 heterocycles. The van der Waals surface area contributed by atoms with E-state index >= 15 is 0 Å². The van der Waals surface area contributed by atoms with E-state index in [1.807, 2.05) is 0 Å². The van der Waals surface area contributed by atoms with Crippen LogP contribution in [-0.4, -0.2) is 39.6 Å². The van der Waals surface area contributed by atoms with Crippen LogP contribution in [0.15, 0.2) is 18.7 Å². The van der Waals surface area contributed by atoms with E-state index < -0.39 is 5.60 Å². The minimum absolute atomic E-state index is 0.393. The molecule has 2 rings (SSSR count). The van der Waals surface area contributed by atoms with E-state index in [0.29, 0.717) is 6.04 Å². The first kappa shape index (κ1) is 10.5. The summed E-state index contributed by atoms with van der Waals surface area (Å²) in [5, 5.41) is 10.5. The Labute approximate surface area is 90.0 Å². The smallest absolute Gasteiger partial charge is 0.115 e. The Morgan fingerprint density at radius 1 is 1.47 bits per heavy atom. The van der Waals surface area contributed by atoms with Gasteiger partial charge < -0.3 is 10.0 Å². The minimum atomic E-state index is -0.743. The number of nitrogens with zero attached hydrogens (tertiary/aromatic N) is 3. The lowest BCUT2D eigenvalue weighted by molar-refractivity contribution is -0.0413. The Bertz CT molecular complexity index is 330. The number of piperidine rings is 1. The zero-order valence-corrected chi connectivity index (χ0v) is 9.22. The molecule has 0 bridgehead atoms. The molecule has 0 amide bonds. The molecule has 1 aromatic rings. The predicted molar refractivity (Wildman–Crippen MR) is 57.3 cm³/mol.